The van der Waals surface area contributed by atoms with E-state index in [0.717, 1.165) is 40.0 Å². The molecule has 0 aromatic heterocycles. The molecule has 0 spiro atoms. The molecule has 0 unspecified atom stereocenters. The summed E-state index contributed by atoms with van der Waals surface area (Å²) in [6.45, 7) is 4.07. The average molecular weight is 469 g/mol. The second kappa shape index (κ2) is 8.64. The third-order valence-corrected chi connectivity index (χ3v) is 6.24. The lowest BCUT2D eigenvalue weighted by atomic mass is 9.77. The van der Waals surface area contributed by atoms with Crippen molar-refractivity contribution in [3.05, 3.63) is 75.4 Å². The largest absolute Gasteiger partial charge is 0.497 e. The molecule has 2 aliphatic rings. The average Bonchev–Trinajstić information content (AvgIpc) is 3.14. The van der Waals surface area contributed by atoms with Crippen LogP contribution in [0, 0.1) is 5.92 Å². The van der Waals surface area contributed by atoms with Gasteiger partial charge in [0.2, 0.25) is 0 Å². The van der Waals surface area contributed by atoms with Gasteiger partial charge < -0.3 is 9.47 Å². The lowest BCUT2D eigenvalue weighted by molar-refractivity contribution is -0.137. The van der Waals surface area contributed by atoms with E-state index in [4.69, 9.17) is 14.6 Å². The number of esters is 1. The van der Waals surface area contributed by atoms with Crippen LogP contribution in [-0.4, -0.2) is 30.4 Å². The highest BCUT2D eigenvalue weighted by Crippen LogP contribution is 2.45. The van der Waals surface area contributed by atoms with E-state index in [2.05, 4.69) is 52.3 Å². The molecular formula is C24H25BrN2O3. The predicted molar refractivity (Wildman–Crippen MR) is 120 cm³/mol. The van der Waals surface area contributed by atoms with Gasteiger partial charge in [-0.3, -0.25) is 5.01 Å². The molecule has 2 atom stereocenters. The Labute approximate surface area is 185 Å². The van der Waals surface area contributed by atoms with E-state index in [1.807, 2.05) is 18.0 Å². The lowest BCUT2D eigenvalue weighted by Crippen LogP contribution is -2.28. The Kier molecular flexibility index (Phi) is 5.95. The van der Waals surface area contributed by atoms with Crippen molar-refractivity contribution in [2.75, 3.05) is 13.7 Å². The van der Waals surface area contributed by atoms with Crippen LogP contribution in [-0.2, 0) is 16.0 Å². The number of halogens is 1. The molecular weight excluding hydrogens is 444 g/mol. The van der Waals surface area contributed by atoms with E-state index >= 15 is 0 Å². The molecule has 0 fully saturated rings. The Hall–Kier alpha value is -2.60. The van der Waals surface area contributed by atoms with Crippen LogP contribution in [0.15, 0.2) is 63.8 Å². The maximum absolute atomic E-state index is 12.1. The zero-order valence-electron chi connectivity index (χ0n) is 17.4. The Balaban J connectivity index is 1.79. The smallest absolute Gasteiger partial charge is 0.332 e. The van der Waals surface area contributed by atoms with Crippen LogP contribution < -0.4 is 4.74 Å². The SMILES string of the molecule is CCOC(=O)/C=C(\C)N1N=C2c3cc(OC)ccc3CC[C@@H]2[C@@H]1c1ccc(Br)cc1. The maximum Gasteiger partial charge on any atom is 0.332 e. The summed E-state index contributed by atoms with van der Waals surface area (Å²) in [5.41, 5.74) is 5.42. The van der Waals surface area contributed by atoms with Crippen molar-refractivity contribution >= 4 is 27.6 Å². The van der Waals surface area contributed by atoms with E-state index in [9.17, 15) is 4.79 Å². The first-order valence-corrected chi connectivity index (χ1v) is 11.0. The molecule has 6 heteroatoms. The number of carbonyl (C=O) groups excluding carboxylic acids is 1. The van der Waals surface area contributed by atoms with Crippen LogP contribution in [0.2, 0.25) is 0 Å². The molecule has 2 aromatic rings. The van der Waals surface area contributed by atoms with E-state index in [1.165, 1.54) is 17.2 Å². The van der Waals surface area contributed by atoms with Gasteiger partial charge in [0.15, 0.2) is 0 Å². The van der Waals surface area contributed by atoms with Gasteiger partial charge in [-0.1, -0.05) is 34.1 Å². The van der Waals surface area contributed by atoms with Crippen LogP contribution in [0.4, 0.5) is 0 Å². The van der Waals surface area contributed by atoms with Crippen molar-refractivity contribution in [1.29, 1.82) is 0 Å². The number of ether oxygens (including phenoxy) is 2. The normalized spacial score (nSPS) is 20.3. The Morgan fingerprint density at radius 3 is 2.73 bits per heavy atom. The number of benzene rings is 2. The maximum atomic E-state index is 12.1. The van der Waals surface area contributed by atoms with Crippen molar-refractivity contribution in [2.24, 2.45) is 11.0 Å². The topological polar surface area (TPSA) is 51.1 Å². The summed E-state index contributed by atoms with van der Waals surface area (Å²) in [6.07, 6.45) is 3.52. The lowest BCUT2D eigenvalue weighted by Gasteiger charge is -2.31. The summed E-state index contributed by atoms with van der Waals surface area (Å²) in [6, 6.07) is 14.6. The number of rotatable bonds is 5. The third kappa shape index (κ3) is 3.88. The summed E-state index contributed by atoms with van der Waals surface area (Å²) in [7, 11) is 1.68. The van der Waals surface area contributed by atoms with E-state index in [1.54, 1.807) is 14.0 Å². The van der Waals surface area contributed by atoms with E-state index < -0.39 is 0 Å². The minimum Gasteiger partial charge on any atom is -0.497 e. The number of allylic oxidation sites excluding steroid dienone is 1. The van der Waals surface area contributed by atoms with Gasteiger partial charge in [-0.15, -0.1) is 0 Å². The van der Waals surface area contributed by atoms with Gasteiger partial charge in [0.05, 0.1) is 25.5 Å². The first-order valence-electron chi connectivity index (χ1n) is 10.2. The predicted octanol–water partition coefficient (Wildman–Crippen LogP) is 5.25. The fourth-order valence-electron chi connectivity index (χ4n) is 4.32. The van der Waals surface area contributed by atoms with Gasteiger partial charge in [-0.2, -0.15) is 5.10 Å². The highest BCUT2D eigenvalue weighted by molar-refractivity contribution is 9.10. The van der Waals surface area contributed by atoms with Gasteiger partial charge >= 0.3 is 5.97 Å². The zero-order valence-corrected chi connectivity index (χ0v) is 19.0. The van der Waals surface area contributed by atoms with Crippen molar-refractivity contribution < 1.29 is 14.3 Å². The van der Waals surface area contributed by atoms with Gasteiger partial charge in [-0.05, 0) is 62.1 Å². The Morgan fingerprint density at radius 2 is 2.03 bits per heavy atom. The fraction of sp³-hybridized carbons (Fsp3) is 0.333. The van der Waals surface area contributed by atoms with Crippen LogP contribution in [0.25, 0.3) is 0 Å². The van der Waals surface area contributed by atoms with Crippen molar-refractivity contribution in [3.8, 4) is 5.75 Å². The molecule has 0 saturated heterocycles. The molecule has 2 aromatic carbocycles. The van der Waals surface area contributed by atoms with Gasteiger partial charge in [-0.25, -0.2) is 4.79 Å². The minimum absolute atomic E-state index is 0.0260. The number of nitrogens with zero attached hydrogens (tertiary/aromatic N) is 2. The Morgan fingerprint density at radius 1 is 1.27 bits per heavy atom. The molecule has 5 nitrogen and oxygen atoms in total. The van der Waals surface area contributed by atoms with Gasteiger partial charge in [0, 0.05) is 27.7 Å². The summed E-state index contributed by atoms with van der Waals surface area (Å²) < 4.78 is 11.6. The number of hydrazone groups is 1. The minimum atomic E-state index is -0.346. The second-order valence-electron chi connectivity index (χ2n) is 7.53. The quantitative estimate of drug-likeness (QED) is 0.444. The molecule has 1 heterocycles. The number of aryl methyl sites for hydroxylation is 1. The molecule has 30 heavy (non-hydrogen) atoms. The second-order valence-corrected chi connectivity index (χ2v) is 8.45. The zero-order chi connectivity index (χ0) is 21.3. The highest BCUT2D eigenvalue weighted by Gasteiger charge is 2.42. The van der Waals surface area contributed by atoms with Crippen LogP contribution >= 0.6 is 15.9 Å². The molecule has 1 aliphatic heterocycles. The van der Waals surface area contributed by atoms with Crippen molar-refractivity contribution in [3.63, 3.8) is 0 Å². The van der Waals surface area contributed by atoms with Crippen LogP contribution in [0.1, 0.15) is 43.0 Å². The molecule has 0 N–H and O–H groups in total. The molecule has 0 amide bonds. The van der Waals surface area contributed by atoms with Crippen molar-refractivity contribution in [1.82, 2.24) is 5.01 Å². The standard InChI is InChI=1S/C24H25BrN2O3/c1-4-30-22(28)13-15(2)27-24(17-5-9-18(25)10-6-17)20-12-8-16-7-11-19(29-3)14-21(16)23(20)26-27/h5-7,9-11,13-14,20,24H,4,8,12H2,1-3H3/b15-13+/t20-,24-/m0/s1. The summed E-state index contributed by atoms with van der Waals surface area (Å²) in [4.78, 5) is 12.1. The van der Waals surface area contributed by atoms with Gasteiger partial charge in [0.1, 0.15) is 5.75 Å². The first kappa shape index (κ1) is 20.7. The molecule has 4 rings (SSSR count). The molecule has 0 radical (unpaired) electrons. The van der Waals surface area contributed by atoms with Crippen LogP contribution in [0.3, 0.4) is 0 Å². The number of methoxy groups -OCH3 is 1. The molecule has 1 aliphatic carbocycles. The van der Waals surface area contributed by atoms with E-state index in [-0.39, 0.29) is 17.9 Å². The number of hydrogen-bond acceptors (Lipinski definition) is 5. The van der Waals surface area contributed by atoms with E-state index in [0.29, 0.717) is 6.61 Å². The van der Waals surface area contributed by atoms with Crippen molar-refractivity contribution in [2.45, 2.75) is 32.7 Å². The number of fused-ring (bicyclic) bond motifs is 3. The monoisotopic (exact) mass is 468 g/mol. The molecule has 0 bridgehead atoms. The highest BCUT2D eigenvalue weighted by atomic mass is 79.9. The number of hydrogen-bond donors (Lipinski definition) is 0. The third-order valence-electron chi connectivity index (χ3n) is 5.72. The summed E-state index contributed by atoms with van der Waals surface area (Å²) >= 11 is 3.53. The van der Waals surface area contributed by atoms with Gasteiger partial charge in [0.25, 0.3) is 0 Å². The molecule has 156 valence electrons. The summed E-state index contributed by atoms with van der Waals surface area (Å²) in [5.74, 6) is 0.715. The fourth-order valence-corrected chi connectivity index (χ4v) is 4.59. The van der Waals surface area contributed by atoms with Crippen LogP contribution in [0.5, 0.6) is 5.75 Å². The molecule has 0 saturated carbocycles. The summed E-state index contributed by atoms with van der Waals surface area (Å²) in [5, 5.41) is 7.01. The number of carbonyl (C=O) groups is 1. The first-order chi connectivity index (χ1) is 14.5. The Bertz CT molecular complexity index is 1010.